The molecule has 0 aliphatic rings. The molecule has 0 fully saturated rings. The van der Waals surface area contributed by atoms with Crippen LogP contribution in [-0.2, 0) is 4.79 Å². The van der Waals surface area contributed by atoms with Crippen molar-refractivity contribution in [3.8, 4) is 5.75 Å². The molecule has 0 spiro atoms. The van der Waals surface area contributed by atoms with Crippen molar-refractivity contribution in [2.45, 2.75) is 16.8 Å². The number of nitrogens with one attached hydrogen (secondary N) is 3. The molecule has 3 aromatic rings. The zero-order chi connectivity index (χ0) is 27.5. The molecule has 0 saturated heterocycles. The first-order valence-corrected chi connectivity index (χ1v) is 12.3. The van der Waals surface area contributed by atoms with Crippen LogP contribution in [0.25, 0.3) is 0 Å². The van der Waals surface area contributed by atoms with Gasteiger partial charge in [0.2, 0.25) is 5.91 Å². The number of hydrogen-bond donors (Lipinski definition) is 3. The first-order chi connectivity index (χ1) is 18.1. The Morgan fingerprint density at radius 2 is 1.76 bits per heavy atom. The van der Waals surface area contributed by atoms with Crippen molar-refractivity contribution in [1.29, 1.82) is 0 Å². The lowest BCUT2D eigenvalue weighted by atomic mass is 10.2. The minimum atomic E-state index is -4.81. The quantitative estimate of drug-likeness (QED) is 0.179. The fourth-order valence-electron chi connectivity index (χ4n) is 3.13. The molecule has 9 nitrogen and oxygen atoms in total. The molecule has 0 aliphatic carbocycles. The maximum absolute atomic E-state index is 13.0. The lowest BCUT2D eigenvalue weighted by Crippen LogP contribution is -2.37. The van der Waals surface area contributed by atoms with Gasteiger partial charge in [0.15, 0.2) is 0 Å². The van der Waals surface area contributed by atoms with Gasteiger partial charge in [0.05, 0.1) is 12.1 Å². The maximum Gasteiger partial charge on any atom is 0.573 e. The number of anilines is 1. The smallest absolute Gasteiger partial charge is 0.406 e. The summed E-state index contributed by atoms with van der Waals surface area (Å²) in [6, 6.07) is 11.5. The lowest BCUT2D eigenvalue weighted by molar-refractivity contribution is -0.274. The van der Waals surface area contributed by atoms with Gasteiger partial charge in [-0.15, -0.1) is 13.2 Å². The highest BCUT2D eigenvalue weighted by Gasteiger charge is 2.31. The molecule has 202 valence electrons. The van der Waals surface area contributed by atoms with E-state index in [2.05, 4.69) is 30.7 Å². The number of alkyl halides is 3. The van der Waals surface area contributed by atoms with Crippen molar-refractivity contribution in [1.82, 2.24) is 25.5 Å². The number of aromatic nitrogens is 2. The summed E-state index contributed by atoms with van der Waals surface area (Å²) >= 11 is 1.18. The Morgan fingerprint density at radius 1 is 1.05 bits per heavy atom. The number of carbonyl (C=O) groups excluding carboxylic acids is 2. The van der Waals surface area contributed by atoms with Gasteiger partial charge < -0.3 is 25.6 Å². The highest BCUT2D eigenvalue weighted by Crippen LogP contribution is 2.34. The first kappa shape index (κ1) is 28.9. The standard InChI is InChI=1S/C25H27F3N6O3S/c1-34(2)15-14-30-16-21(35)33-23(17-9-12-29-13-10-17)38-24-20(4-3-11-31-24)22(36)32-18-5-7-19(8-6-18)37-25(26,27)28/h3-13,23,30H,14-16H2,1-2H3,(H,32,36)(H,33,35). The number of amides is 2. The van der Waals surface area contributed by atoms with Gasteiger partial charge in [-0.1, -0.05) is 11.8 Å². The van der Waals surface area contributed by atoms with Crippen LogP contribution in [0.5, 0.6) is 5.75 Å². The van der Waals surface area contributed by atoms with Crippen LogP contribution in [0.1, 0.15) is 21.3 Å². The van der Waals surface area contributed by atoms with Crippen LogP contribution in [-0.4, -0.2) is 66.8 Å². The molecular weight excluding hydrogens is 521 g/mol. The largest absolute Gasteiger partial charge is 0.573 e. The van der Waals surface area contributed by atoms with Crippen LogP contribution >= 0.6 is 11.8 Å². The first-order valence-electron chi connectivity index (χ1n) is 11.4. The van der Waals surface area contributed by atoms with Gasteiger partial charge in [0.1, 0.15) is 16.1 Å². The summed E-state index contributed by atoms with van der Waals surface area (Å²) in [5.41, 5.74) is 1.25. The zero-order valence-electron chi connectivity index (χ0n) is 20.7. The van der Waals surface area contributed by atoms with Gasteiger partial charge in [0.25, 0.3) is 5.91 Å². The number of thioether (sulfide) groups is 1. The Bertz CT molecular complexity index is 1200. The SMILES string of the molecule is CN(C)CCNCC(=O)NC(Sc1ncccc1C(=O)Nc1ccc(OC(F)(F)F)cc1)c1ccncc1. The second kappa shape index (κ2) is 13.7. The number of rotatable bonds is 12. The number of benzene rings is 1. The molecule has 38 heavy (non-hydrogen) atoms. The van der Waals surface area contributed by atoms with Crippen molar-refractivity contribution in [2.75, 3.05) is 39.0 Å². The van der Waals surface area contributed by atoms with E-state index in [0.29, 0.717) is 11.6 Å². The molecule has 0 aliphatic heterocycles. The number of halogens is 3. The molecular formula is C25H27F3N6O3S. The van der Waals surface area contributed by atoms with Crippen molar-refractivity contribution in [3.63, 3.8) is 0 Å². The van der Waals surface area contributed by atoms with Gasteiger partial charge >= 0.3 is 6.36 Å². The maximum atomic E-state index is 13.0. The van der Waals surface area contributed by atoms with Crippen molar-refractivity contribution in [2.24, 2.45) is 0 Å². The molecule has 0 bridgehead atoms. The Morgan fingerprint density at radius 3 is 2.42 bits per heavy atom. The predicted molar refractivity (Wildman–Crippen MR) is 138 cm³/mol. The minimum Gasteiger partial charge on any atom is -0.406 e. The van der Waals surface area contributed by atoms with Crippen molar-refractivity contribution in [3.05, 3.63) is 78.2 Å². The Labute approximate surface area is 222 Å². The molecule has 13 heteroatoms. The molecule has 1 aromatic carbocycles. The van der Waals surface area contributed by atoms with E-state index in [4.69, 9.17) is 0 Å². The molecule has 3 rings (SSSR count). The van der Waals surface area contributed by atoms with E-state index < -0.39 is 23.4 Å². The molecule has 0 saturated carbocycles. The summed E-state index contributed by atoms with van der Waals surface area (Å²) in [7, 11) is 3.88. The van der Waals surface area contributed by atoms with Crippen LogP contribution < -0.4 is 20.7 Å². The number of likely N-dealkylation sites (N-methyl/N-ethyl adjacent to an activating group) is 1. The molecule has 1 atom stereocenters. The minimum absolute atomic E-state index is 0.111. The monoisotopic (exact) mass is 548 g/mol. The number of pyridine rings is 2. The molecule has 2 aromatic heterocycles. The van der Waals surface area contributed by atoms with Crippen LogP contribution in [0.2, 0.25) is 0 Å². The third kappa shape index (κ3) is 9.65. The summed E-state index contributed by atoms with van der Waals surface area (Å²) in [6.45, 7) is 1.53. The topological polar surface area (TPSA) is 108 Å². The van der Waals surface area contributed by atoms with Crippen molar-refractivity contribution >= 4 is 29.3 Å². The molecule has 2 amide bonds. The molecule has 2 heterocycles. The van der Waals surface area contributed by atoms with Gasteiger partial charge in [0, 0.05) is 37.4 Å². The van der Waals surface area contributed by atoms with E-state index >= 15 is 0 Å². The Kier molecular flexibility index (Phi) is 10.4. The number of nitrogens with zero attached hydrogens (tertiary/aromatic N) is 3. The highest BCUT2D eigenvalue weighted by molar-refractivity contribution is 7.99. The van der Waals surface area contributed by atoms with E-state index in [1.807, 2.05) is 19.0 Å². The van der Waals surface area contributed by atoms with Gasteiger partial charge in [-0.3, -0.25) is 14.6 Å². The fourth-order valence-corrected chi connectivity index (χ4v) is 4.24. The average molecular weight is 549 g/mol. The third-order valence-corrected chi connectivity index (χ3v) is 6.09. The molecule has 3 N–H and O–H groups in total. The van der Waals surface area contributed by atoms with E-state index in [9.17, 15) is 22.8 Å². The summed E-state index contributed by atoms with van der Waals surface area (Å²) < 4.78 is 41.0. The second-order valence-corrected chi connectivity index (χ2v) is 9.30. The lowest BCUT2D eigenvalue weighted by Gasteiger charge is -2.20. The van der Waals surface area contributed by atoms with Crippen LogP contribution in [0.15, 0.2) is 72.1 Å². The summed E-state index contributed by atoms with van der Waals surface area (Å²) in [5.74, 6) is -1.16. The van der Waals surface area contributed by atoms with Gasteiger partial charge in [-0.25, -0.2) is 4.98 Å². The highest BCUT2D eigenvalue weighted by atomic mass is 32.2. The van der Waals surface area contributed by atoms with E-state index in [0.717, 1.165) is 24.2 Å². The fraction of sp³-hybridized carbons (Fsp3) is 0.280. The van der Waals surface area contributed by atoms with Crippen molar-refractivity contribution < 1.29 is 27.5 Å². The molecule has 0 radical (unpaired) electrons. The predicted octanol–water partition coefficient (Wildman–Crippen LogP) is 3.69. The summed E-state index contributed by atoms with van der Waals surface area (Å²) in [6.07, 6.45) is -0.0859. The van der Waals surface area contributed by atoms with Gasteiger partial charge in [-0.05, 0) is 68.2 Å². The summed E-state index contributed by atoms with van der Waals surface area (Å²) in [4.78, 5) is 36.0. The van der Waals surface area contributed by atoms with Crippen LogP contribution in [0.3, 0.4) is 0 Å². The summed E-state index contributed by atoms with van der Waals surface area (Å²) in [5, 5.41) is 8.47. The zero-order valence-corrected chi connectivity index (χ0v) is 21.5. The second-order valence-electron chi connectivity index (χ2n) is 8.21. The van der Waals surface area contributed by atoms with E-state index in [-0.39, 0.29) is 23.7 Å². The van der Waals surface area contributed by atoms with Crippen LogP contribution in [0.4, 0.5) is 18.9 Å². The normalized spacial score (nSPS) is 12.2. The number of hydrogen-bond acceptors (Lipinski definition) is 8. The van der Waals surface area contributed by atoms with Crippen LogP contribution in [0, 0.1) is 0 Å². The number of ether oxygens (including phenoxy) is 1. The Balaban J connectivity index is 1.72. The van der Waals surface area contributed by atoms with Gasteiger partial charge in [-0.2, -0.15) is 0 Å². The third-order valence-electron chi connectivity index (χ3n) is 4.91. The van der Waals surface area contributed by atoms with E-state index in [1.165, 1.54) is 30.1 Å². The van der Waals surface area contributed by atoms with E-state index in [1.54, 1.807) is 36.7 Å². The average Bonchev–Trinajstić information content (AvgIpc) is 2.87. The number of carbonyl (C=O) groups is 2. The molecule has 1 unspecified atom stereocenters. The Hall–Kier alpha value is -3.68.